The lowest BCUT2D eigenvalue weighted by molar-refractivity contribution is -0.124. The third kappa shape index (κ3) is 5.35. The van der Waals surface area contributed by atoms with Gasteiger partial charge in [-0.1, -0.05) is 11.6 Å². The van der Waals surface area contributed by atoms with Gasteiger partial charge in [-0.3, -0.25) is 9.69 Å². The summed E-state index contributed by atoms with van der Waals surface area (Å²) in [5, 5.41) is 3.83. The number of carbonyl (C=O) groups excluding carboxylic acids is 1. The van der Waals surface area contributed by atoms with Crippen LogP contribution in [-0.4, -0.2) is 67.6 Å². The molecule has 2 saturated heterocycles. The van der Waals surface area contributed by atoms with E-state index in [1.165, 1.54) is 25.9 Å². The second-order valence-corrected chi connectivity index (χ2v) is 8.07. The molecule has 0 aliphatic carbocycles. The van der Waals surface area contributed by atoms with E-state index in [2.05, 4.69) is 22.2 Å². The van der Waals surface area contributed by atoms with Gasteiger partial charge in [-0.25, -0.2) is 0 Å². The van der Waals surface area contributed by atoms with Crippen LogP contribution < -0.4 is 10.1 Å². The number of carbonyl (C=O) groups is 1. The van der Waals surface area contributed by atoms with Crippen molar-refractivity contribution in [3.05, 3.63) is 28.8 Å². The van der Waals surface area contributed by atoms with E-state index in [0.717, 1.165) is 31.5 Å². The normalized spacial score (nSPS) is 23.0. The SMILES string of the molecule is Cc1cc(Cl)ccc1OCC(=O)N[C@@H]1CCCN(C2CCN(C)CC2)C1. The summed E-state index contributed by atoms with van der Waals surface area (Å²) in [6.45, 7) is 6.44. The topological polar surface area (TPSA) is 44.8 Å². The van der Waals surface area contributed by atoms with E-state index < -0.39 is 0 Å². The highest BCUT2D eigenvalue weighted by molar-refractivity contribution is 6.30. The number of nitrogens with zero attached hydrogens (tertiary/aromatic N) is 2. The fourth-order valence-corrected chi connectivity index (χ4v) is 4.23. The number of hydrogen-bond donors (Lipinski definition) is 1. The van der Waals surface area contributed by atoms with Crippen LogP contribution in [0.4, 0.5) is 0 Å². The van der Waals surface area contributed by atoms with Crippen LogP contribution >= 0.6 is 11.6 Å². The van der Waals surface area contributed by atoms with Gasteiger partial charge in [0.15, 0.2) is 6.61 Å². The van der Waals surface area contributed by atoms with Gasteiger partial charge < -0.3 is 15.0 Å². The van der Waals surface area contributed by atoms with E-state index in [-0.39, 0.29) is 18.6 Å². The van der Waals surface area contributed by atoms with Crippen LogP contribution in [0, 0.1) is 6.92 Å². The molecule has 1 amide bonds. The van der Waals surface area contributed by atoms with Crippen molar-refractivity contribution < 1.29 is 9.53 Å². The Hall–Kier alpha value is -1.30. The molecule has 1 N–H and O–H groups in total. The number of amides is 1. The van der Waals surface area contributed by atoms with Crippen molar-refractivity contribution in [2.45, 2.75) is 44.7 Å². The molecule has 0 saturated carbocycles. The predicted molar refractivity (Wildman–Crippen MR) is 105 cm³/mol. The van der Waals surface area contributed by atoms with Gasteiger partial charge in [-0.05, 0) is 83.1 Å². The minimum Gasteiger partial charge on any atom is -0.484 e. The molecule has 2 aliphatic rings. The molecule has 0 spiro atoms. The Labute approximate surface area is 161 Å². The summed E-state index contributed by atoms with van der Waals surface area (Å²) < 4.78 is 5.66. The Morgan fingerprint density at radius 1 is 1.27 bits per heavy atom. The van der Waals surface area contributed by atoms with Crippen molar-refractivity contribution in [2.24, 2.45) is 0 Å². The van der Waals surface area contributed by atoms with Gasteiger partial charge in [0, 0.05) is 23.7 Å². The van der Waals surface area contributed by atoms with E-state index >= 15 is 0 Å². The quantitative estimate of drug-likeness (QED) is 0.854. The van der Waals surface area contributed by atoms with Crippen LogP contribution in [0.2, 0.25) is 5.02 Å². The molecule has 26 heavy (non-hydrogen) atoms. The molecule has 144 valence electrons. The standard InChI is InChI=1S/C20H30ClN3O2/c1-15-12-16(21)5-6-19(15)26-14-20(25)22-17-4-3-9-24(13-17)18-7-10-23(2)11-8-18/h5-6,12,17-18H,3-4,7-11,13-14H2,1-2H3,(H,22,25)/t17-/m1/s1. The summed E-state index contributed by atoms with van der Waals surface area (Å²) in [4.78, 5) is 17.3. The second kappa shape index (κ2) is 9.07. The number of hydrogen-bond acceptors (Lipinski definition) is 4. The lowest BCUT2D eigenvalue weighted by Gasteiger charge is -2.41. The Balaban J connectivity index is 1.45. The Kier molecular flexibility index (Phi) is 6.79. The van der Waals surface area contributed by atoms with Crippen LogP contribution in [-0.2, 0) is 4.79 Å². The Bertz CT molecular complexity index is 617. The maximum atomic E-state index is 12.3. The van der Waals surface area contributed by atoms with Crippen molar-refractivity contribution in [3.63, 3.8) is 0 Å². The average Bonchev–Trinajstić information content (AvgIpc) is 2.62. The van der Waals surface area contributed by atoms with Crippen molar-refractivity contribution in [1.29, 1.82) is 0 Å². The van der Waals surface area contributed by atoms with Gasteiger partial charge >= 0.3 is 0 Å². The molecule has 0 aromatic heterocycles. The monoisotopic (exact) mass is 379 g/mol. The molecule has 5 nitrogen and oxygen atoms in total. The molecule has 2 fully saturated rings. The number of ether oxygens (including phenoxy) is 1. The van der Waals surface area contributed by atoms with E-state index in [1.54, 1.807) is 6.07 Å². The van der Waals surface area contributed by atoms with Crippen molar-refractivity contribution >= 4 is 17.5 Å². The molecule has 3 rings (SSSR count). The highest BCUT2D eigenvalue weighted by Crippen LogP contribution is 2.22. The first kappa shape index (κ1) is 19.5. The molecule has 1 atom stereocenters. The van der Waals surface area contributed by atoms with E-state index in [4.69, 9.17) is 16.3 Å². The number of likely N-dealkylation sites (tertiary alicyclic amines) is 2. The molecule has 2 aliphatic heterocycles. The van der Waals surface area contributed by atoms with Gasteiger partial charge in [0.2, 0.25) is 0 Å². The average molecular weight is 380 g/mol. The van der Waals surface area contributed by atoms with Crippen molar-refractivity contribution in [2.75, 3.05) is 39.8 Å². The van der Waals surface area contributed by atoms with E-state index in [9.17, 15) is 4.79 Å². The molecule has 2 heterocycles. The van der Waals surface area contributed by atoms with Crippen molar-refractivity contribution in [3.8, 4) is 5.75 Å². The lowest BCUT2D eigenvalue weighted by atomic mass is 9.98. The molecular weight excluding hydrogens is 350 g/mol. The molecule has 0 radical (unpaired) electrons. The van der Waals surface area contributed by atoms with Crippen LogP contribution in [0.25, 0.3) is 0 Å². The third-order valence-corrected chi connectivity index (χ3v) is 5.75. The first-order chi connectivity index (χ1) is 12.5. The minimum atomic E-state index is -0.0467. The van der Waals surface area contributed by atoms with Gasteiger partial charge in [0.25, 0.3) is 5.91 Å². The van der Waals surface area contributed by atoms with E-state index in [1.807, 2.05) is 19.1 Å². The maximum Gasteiger partial charge on any atom is 0.258 e. The molecule has 0 unspecified atom stereocenters. The van der Waals surface area contributed by atoms with Crippen LogP contribution in [0.5, 0.6) is 5.75 Å². The summed E-state index contributed by atoms with van der Waals surface area (Å²) in [6.07, 6.45) is 4.66. The third-order valence-electron chi connectivity index (χ3n) is 5.52. The van der Waals surface area contributed by atoms with Gasteiger partial charge in [0.05, 0.1) is 0 Å². The largest absolute Gasteiger partial charge is 0.484 e. The maximum absolute atomic E-state index is 12.3. The summed E-state index contributed by atoms with van der Waals surface area (Å²) in [6, 6.07) is 6.33. The fourth-order valence-electron chi connectivity index (χ4n) is 4.00. The highest BCUT2D eigenvalue weighted by atomic mass is 35.5. The van der Waals surface area contributed by atoms with Crippen LogP contribution in [0.15, 0.2) is 18.2 Å². The number of piperidine rings is 2. The van der Waals surface area contributed by atoms with Gasteiger partial charge in [0.1, 0.15) is 5.75 Å². The predicted octanol–water partition coefficient (Wildman–Crippen LogP) is 2.70. The first-order valence-corrected chi connectivity index (χ1v) is 10.00. The van der Waals surface area contributed by atoms with Crippen molar-refractivity contribution in [1.82, 2.24) is 15.1 Å². The number of aryl methyl sites for hydroxylation is 1. The summed E-state index contributed by atoms with van der Waals surface area (Å²) >= 11 is 5.95. The van der Waals surface area contributed by atoms with Crippen LogP contribution in [0.3, 0.4) is 0 Å². The Morgan fingerprint density at radius 2 is 2.04 bits per heavy atom. The molecular formula is C20H30ClN3O2. The highest BCUT2D eigenvalue weighted by Gasteiger charge is 2.28. The number of benzene rings is 1. The first-order valence-electron chi connectivity index (χ1n) is 9.62. The number of nitrogens with one attached hydrogen (secondary N) is 1. The Morgan fingerprint density at radius 3 is 2.77 bits per heavy atom. The zero-order valence-electron chi connectivity index (χ0n) is 15.8. The lowest BCUT2D eigenvalue weighted by Crippen LogP contribution is -2.53. The zero-order chi connectivity index (χ0) is 18.5. The molecule has 1 aromatic rings. The summed E-state index contributed by atoms with van der Waals surface area (Å²) in [7, 11) is 2.19. The number of rotatable bonds is 5. The van der Waals surface area contributed by atoms with Gasteiger partial charge in [-0.2, -0.15) is 0 Å². The minimum absolute atomic E-state index is 0.0467. The smallest absolute Gasteiger partial charge is 0.258 e. The molecule has 0 bridgehead atoms. The number of halogens is 1. The van der Waals surface area contributed by atoms with Gasteiger partial charge in [-0.15, -0.1) is 0 Å². The zero-order valence-corrected chi connectivity index (χ0v) is 16.6. The second-order valence-electron chi connectivity index (χ2n) is 7.63. The van der Waals surface area contributed by atoms with Crippen LogP contribution in [0.1, 0.15) is 31.2 Å². The summed E-state index contributed by atoms with van der Waals surface area (Å²) in [5.41, 5.74) is 0.941. The molecule has 6 heteroatoms. The summed E-state index contributed by atoms with van der Waals surface area (Å²) in [5.74, 6) is 0.663. The fraction of sp³-hybridized carbons (Fsp3) is 0.650. The molecule has 1 aromatic carbocycles. The van der Waals surface area contributed by atoms with E-state index in [0.29, 0.717) is 16.8 Å².